The van der Waals surface area contributed by atoms with E-state index in [2.05, 4.69) is 15.6 Å². The zero-order chi connectivity index (χ0) is 11.7. The lowest BCUT2D eigenvalue weighted by Gasteiger charge is -2.11. The molecule has 3 N–H and O–H groups in total. The van der Waals surface area contributed by atoms with Crippen LogP contribution in [0, 0.1) is 0 Å². The monoisotopic (exact) mass is 229 g/mol. The highest BCUT2D eigenvalue weighted by molar-refractivity contribution is 6.05. The maximum atomic E-state index is 12.2. The number of carbonyl (C=O) groups is 1. The van der Waals surface area contributed by atoms with Crippen molar-refractivity contribution in [2.45, 2.75) is 12.5 Å². The number of aromatic amines is 1. The van der Waals surface area contributed by atoms with Crippen LogP contribution in [0.25, 0.3) is 10.9 Å². The molecular formula is C13H15N3O. The first-order chi connectivity index (χ1) is 8.34. The van der Waals surface area contributed by atoms with Crippen molar-refractivity contribution in [3.05, 3.63) is 36.0 Å². The summed E-state index contributed by atoms with van der Waals surface area (Å²) in [6, 6.07) is 8.00. The second-order valence-electron chi connectivity index (χ2n) is 4.41. The van der Waals surface area contributed by atoms with E-state index in [0.29, 0.717) is 0 Å². The molecule has 0 radical (unpaired) electrons. The van der Waals surface area contributed by atoms with Gasteiger partial charge in [-0.25, -0.2) is 0 Å². The molecule has 0 bridgehead atoms. The summed E-state index contributed by atoms with van der Waals surface area (Å²) in [6.45, 7) is 1.85. The molecule has 0 spiro atoms. The van der Waals surface area contributed by atoms with E-state index < -0.39 is 0 Å². The number of para-hydroxylation sites is 1. The van der Waals surface area contributed by atoms with Gasteiger partial charge in [-0.2, -0.15) is 0 Å². The average Bonchev–Trinajstić information content (AvgIpc) is 2.97. The van der Waals surface area contributed by atoms with Crippen molar-refractivity contribution in [3.63, 3.8) is 0 Å². The molecule has 88 valence electrons. The topological polar surface area (TPSA) is 56.9 Å². The highest BCUT2D eigenvalue weighted by atomic mass is 16.1. The molecule has 1 aliphatic heterocycles. The SMILES string of the molecule is O=C(N[C@H]1CCNC1)c1cccc2cc[nH]c12. The van der Waals surface area contributed by atoms with Crippen molar-refractivity contribution in [3.8, 4) is 0 Å². The lowest BCUT2D eigenvalue weighted by molar-refractivity contribution is 0.0941. The predicted octanol–water partition coefficient (Wildman–Crippen LogP) is 1.26. The van der Waals surface area contributed by atoms with Crippen molar-refractivity contribution in [2.24, 2.45) is 0 Å². The second kappa shape index (κ2) is 4.22. The highest BCUT2D eigenvalue weighted by Crippen LogP contribution is 2.17. The third-order valence-electron chi connectivity index (χ3n) is 3.23. The standard InChI is InChI=1S/C13H15N3O/c17-13(16-10-5-6-14-8-10)11-3-1-2-9-4-7-15-12(9)11/h1-4,7,10,14-15H,5-6,8H2,(H,16,17)/t10-/m0/s1. The van der Waals surface area contributed by atoms with Crippen LogP contribution in [0.3, 0.4) is 0 Å². The Bertz CT molecular complexity index is 540. The number of nitrogens with one attached hydrogen (secondary N) is 3. The molecule has 1 amide bonds. The fourth-order valence-corrected chi connectivity index (χ4v) is 2.32. The summed E-state index contributed by atoms with van der Waals surface area (Å²) in [5.41, 5.74) is 1.63. The van der Waals surface area contributed by atoms with Crippen molar-refractivity contribution in [1.82, 2.24) is 15.6 Å². The van der Waals surface area contributed by atoms with E-state index in [4.69, 9.17) is 0 Å². The number of amides is 1. The Labute approximate surface area is 99.4 Å². The Morgan fingerprint density at radius 2 is 2.29 bits per heavy atom. The summed E-state index contributed by atoms with van der Waals surface area (Å²) in [5.74, 6) is 0.00625. The first-order valence-electron chi connectivity index (χ1n) is 5.92. The van der Waals surface area contributed by atoms with Crippen molar-refractivity contribution >= 4 is 16.8 Å². The van der Waals surface area contributed by atoms with E-state index in [1.54, 1.807) is 0 Å². The van der Waals surface area contributed by atoms with E-state index in [9.17, 15) is 4.79 Å². The Morgan fingerprint density at radius 1 is 1.35 bits per heavy atom. The zero-order valence-electron chi connectivity index (χ0n) is 9.49. The summed E-state index contributed by atoms with van der Waals surface area (Å²) in [7, 11) is 0. The minimum Gasteiger partial charge on any atom is -0.361 e. The average molecular weight is 229 g/mol. The smallest absolute Gasteiger partial charge is 0.253 e. The Hall–Kier alpha value is -1.81. The largest absolute Gasteiger partial charge is 0.361 e. The van der Waals surface area contributed by atoms with E-state index >= 15 is 0 Å². The van der Waals surface area contributed by atoms with Gasteiger partial charge in [-0.05, 0) is 25.1 Å². The molecule has 3 rings (SSSR count). The molecule has 4 nitrogen and oxygen atoms in total. The number of carbonyl (C=O) groups excluding carboxylic acids is 1. The van der Waals surface area contributed by atoms with E-state index in [1.807, 2.05) is 30.5 Å². The number of H-pyrrole nitrogens is 1. The van der Waals surface area contributed by atoms with Crippen LogP contribution in [0.1, 0.15) is 16.8 Å². The van der Waals surface area contributed by atoms with Gasteiger partial charge in [0.25, 0.3) is 5.91 Å². The third-order valence-corrected chi connectivity index (χ3v) is 3.23. The molecule has 17 heavy (non-hydrogen) atoms. The van der Waals surface area contributed by atoms with Crippen LogP contribution in [0.4, 0.5) is 0 Å². The molecule has 1 aliphatic rings. The summed E-state index contributed by atoms with van der Waals surface area (Å²) in [5, 5.41) is 7.37. The van der Waals surface area contributed by atoms with Gasteiger partial charge in [0.2, 0.25) is 0 Å². The fourth-order valence-electron chi connectivity index (χ4n) is 2.32. The van der Waals surface area contributed by atoms with Gasteiger partial charge in [-0.1, -0.05) is 12.1 Å². The molecule has 4 heteroatoms. The van der Waals surface area contributed by atoms with Crippen LogP contribution in [0.15, 0.2) is 30.5 Å². The minimum absolute atomic E-state index is 0.00625. The molecule has 1 saturated heterocycles. The Balaban J connectivity index is 1.87. The molecular weight excluding hydrogens is 214 g/mol. The van der Waals surface area contributed by atoms with Gasteiger partial charge in [-0.3, -0.25) is 4.79 Å². The van der Waals surface area contributed by atoms with E-state index in [-0.39, 0.29) is 11.9 Å². The number of benzene rings is 1. The minimum atomic E-state index is 0.00625. The van der Waals surface area contributed by atoms with Crippen LogP contribution < -0.4 is 10.6 Å². The van der Waals surface area contributed by atoms with Crippen LogP contribution >= 0.6 is 0 Å². The highest BCUT2D eigenvalue weighted by Gasteiger charge is 2.18. The third kappa shape index (κ3) is 1.91. The molecule has 1 atom stereocenters. The molecule has 1 aromatic heterocycles. The molecule has 0 saturated carbocycles. The summed E-state index contributed by atoms with van der Waals surface area (Å²) >= 11 is 0. The lowest BCUT2D eigenvalue weighted by atomic mass is 10.1. The second-order valence-corrected chi connectivity index (χ2v) is 4.41. The normalized spacial score (nSPS) is 19.6. The first-order valence-corrected chi connectivity index (χ1v) is 5.92. The van der Waals surface area contributed by atoms with Gasteiger partial charge in [0.05, 0.1) is 11.1 Å². The van der Waals surface area contributed by atoms with Crippen molar-refractivity contribution in [1.29, 1.82) is 0 Å². The van der Waals surface area contributed by atoms with Crippen LogP contribution in [0.2, 0.25) is 0 Å². The predicted molar refractivity (Wildman–Crippen MR) is 67.0 cm³/mol. The van der Waals surface area contributed by atoms with Crippen molar-refractivity contribution < 1.29 is 4.79 Å². The van der Waals surface area contributed by atoms with Gasteiger partial charge in [0.1, 0.15) is 0 Å². The van der Waals surface area contributed by atoms with Crippen LogP contribution in [-0.4, -0.2) is 30.0 Å². The number of rotatable bonds is 2. The maximum absolute atomic E-state index is 12.2. The van der Waals surface area contributed by atoms with Gasteiger partial charge in [0, 0.05) is 24.2 Å². The number of hydrogen-bond donors (Lipinski definition) is 3. The Kier molecular flexibility index (Phi) is 2.57. The van der Waals surface area contributed by atoms with E-state index in [1.165, 1.54) is 0 Å². The van der Waals surface area contributed by atoms with Gasteiger partial charge < -0.3 is 15.6 Å². The maximum Gasteiger partial charge on any atom is 0.253 e. The first kappa shape index (κ1) is 10.4. The molecule has 1 aromatic carbocycles. The number of fused-ring (bicyclic) bond motifs is 1. The summed E-state index contributed by atoms with van der Waals surface area (Å²) < 4.78 is 0. The van der Waals surface area contributed by atoms with Crippen molar-refractivity contribution in [2.75, 3.05) is 13.1 Å². The van der Waals surface area contributed by atoms with Gasteiger partial charge in [0.15, 0.2) is 0 Å². The Morgan fingerprint density at radius 3 is 3.12 bits per heavy atom. The molecule has 2 heterocycles. The van der Waals surface area contributed by atoms with E-state index in [0.717, 1.165) is 36.0 Å². The molecule has 0 unspecified atom stereocenters. The van der Waals surface area contributed by atoms with Crippen LogP contribution in [0.5, 0.6) is 0 Å². The quantitative estimate of drug-likeness (QED) is 0.726. The number of hydrogen-bond acceptors (Lipinski definition) is 2. The molecule has 0 aliphatic carbocycles. The summed E-state index contributed by atoms with van der Waals surface area (Å²) in [4.78, 5) is 15.3. The molecule has 2 aromatic rings. The van der Waals surface area contributed by atoms with Gasteiger partial charge >= 0.3 is 0 Å². The zero-order valence-corrected chi connectivity index (χ0v) is 9.49. The number of aromatic nitrogens is 1. The molecule has 1 fully saturated rings. The van der Waals surface area contributed by atoms with Crippen LogP contribution in [-0.2, 0) is 0 Å². The van der Waals surface area contributed by atoms with Gasteiger partial charge in [-0.15, -0.1) is 0 Å². The fraction of sp³-hybridized carbons (Fsp3) is 0.308. The summed E-state index contributed by atoms with van der Waals surface area (Å²) in [6.07, 6.45) is 2.87. The lowest BCUT2D eigenvalue weighted by Crippen LogP contribution is -2.36.